The third-order valence-electron chi connectivity index (χ3n) is 6.43. The van der Waals surface area contributed by atoms with Crippen LogP contribution in [0.25, 0.3) is 0 Å². The van der Waals surface area contributed by atoms with Crippen LogP contribution in [-0.2, 0) is 10.1 Å². The predicted octanol–water partition coefficient (Wildman–Crippen LogP) is 9.25. The lowest BCUT2D eigenvalue weighted by Crippen LogP contribution is -2.20. The summed E-state index contributed by atoms with van der Waals surface area (Å²) in [5.41, 5.74) is 0. The molecule has 0 fully saturated rings. The van der Waals surface area contributed by atoms with E-state index in [1.54, 1.807) is 0 Å². The van der Waals surface area contributed by atoms with Crippen molar-refractivity contribution in [2.45, 2.75) is 167 Å². The number of hydrogen-bond acceptors (Lipinski definition) is 2. The molecule has 0 heterocycles. The third kappa shape index (κ3) is 21.2. The van der Waals surface area contributed by atoms with Gasteiger partial charge in [-0.05, 0) is 12.8 Å². The maximum atomic E-state index is 11.7. The molecular formula is C26H54O3S. The van der Waals surface area contributed by atoms with Gasteiger partial charge in [0.2, 0.25) is 0 Å². The van der Waals surface area contributed by atoms with Gasteiger partial charge in [-0.1, -0.05) is 149 Å². The van der Waals surface area contributed by atoms with Gasteiger partial charge in [-0.25, -0.2) is 0 Å². The molecule has 0 spiro atoms. The molecule has 1 N–H and O–H groups in total. The first-order chi connectivity index (χ1) is 14.5. The van der Waals surface area contributed by atoms with Crippen molar-refractivity contribution in [3.8, 4) is 0 Å². The lowest BCUT2D eigenvalue weighted by Gasteiger charge is -2.13. The summed E-state index contributed by atoms with van der Waals surface area (Å²) in [6, 6.07) is 0. The van der Waals surface area contributed by atoms with Gasteiger partial charge >= 0.3 is 0 Å². The fraction of sp³-hybridized carbons (Fsp3) is 1.00. The first-order valence-corrected chi connectivity index (χ1v) is 15.0. The Kier molecular flexibility index (Phi) is 22.1. The standard InChI is InChI=1S/C26H54O3S/c1-3-5-7-9-11-13-14-15-16-17-19-21-23-25-26(30(27,28)29)24-22-20-18-12-10-8-6-4-2/h26H,3-25H2,1-2H3,(H,27,28,29). The summed E-state index contributed by atoms with van der Waals surface area (Å²) in [6.45, 7) is 4.49. The van der Waals surface area contributed by atoms with Crippen molar-refractivity contribution in [2.24, 2.45) is 0 Å². The molecule has 30 heavy (non-hydrogen) atoms. The van der Waals surface area contributed by atoms with Gasteiger partial charge in [0.25, 0.3) is 10.1 Å². The van der Waals surface area contributed by atoms with Crippen LogP contribution in [0.3, 0.4) is 0 Å². The molecule has 0 radical (unpaired) electrons. The van der Waals surface area contributed by atoms with Crippen LogP contribution in [-0.4, -0.2) is 18.2 Å². The second kappa shape index (κ2) is 22.1. The summed E-state index contributed by atoms with van der Waals surface area (Å²) in [6.07, 6.45) is 27.8. The molecule has 0 aliphatic carbocycles. The van der Waals surface area contributed by atoms with Crippen molar-refractivity contribution in [3.63, 3.8) is 0 Å². The van der Waals surface area contributed by atoms with Crippen molar-refractivity contribution in [3.05, 3.63) is 0 Å². The van der Waals surface area contributed by atoms with E-state index in [1.807, 2.05) is 0 Å². The number of hydrogen-bond donors (Lipinski definition) is 1. The first kappa shape index (κ1) is 29.9. The number of rotatable bonds is 24. The summed E-state index contributed by atoms with van der Waals surface area (Å²) in [4.78, 5) is 0. The largest absolute Gasteiger partial charge is 0.285 e. The summed E-state index contributed by atoms with van der Waals surface area (Å²) >= 11 is 0. The van der Waals surface area contributed by atoms with Gasteiger partial charge in [0.05, 0.1) is 5.25 Å². The number of unbranched alkanes of at least 4 members (excludes halogenated alkanes) is 19. The average molecular weight is 447 g/mol. The van der Waals surface area contributed by atoms with Gasteiger partial charge < -0.3 is 0 Å². The quantitative estimate of drug-likeness (QED) is 0.119. The van der Waals surface area contributed by atoms with Crippen LogP contribution in [0.2, 0.25) is 0 Å². The zero-order valence-corrected chi connectivity index (χ0v) is 21.3. The van der Waals surface area contributed by atoms with Crippen LogP contribution in [0.1, 0.15) is 162 Å². The summed E-state index contributed by atoms with van der Waals surface area (Å²) < 4.78 is 32.9. The smallest absolute Gasteiger partial charge is 0.267 e. The Bertz CT molecular complexity index is 434. The lowest BCUT2D eigenvalue weighted by atomic mass is 10.0. The fourth-order valence-electron chi connectivity index (χ4n) is 4.34. The van der Waals surface area contributed by atoms with E-state index in [0.717, 1.165) is 25.7 Å². The average Bonchev–Trinajstić information content (AvgIpc) is 2.70. The van der Waals surface area contributed by atoms with Gasteiger partial charge in [-0.15, -0.1) is 0 Å². The van der Waals surface area contributed by atoms with Gasteiger partial charge in [0.15, 0.2) is 0 Å². The molecule has 182 valence electrons. The van der Waals surface area contributed by atoms with E-state index in [9.17, 15) is 13.0 Å². The van der Waals surface area contributed by atoms with E-state index < -0.39 is 15.4 Å². The molecule has 0 aromatic carbocycles. The normalized spacial score (nSPS) is 13.0. The van der Waals surface area contributed by atoms with Gasteiger partial charge in [-0.3, -0.25) is 4.55 Å². The molecular weight excluding hydrogens is 392 g/mol. The molecule has 0 aliphatic heterocycles. The van der Waals surface area contributed by atoms with E-state index in [0.29, 0.717) is 12.8 Å². The Hall–Kier alpha value is -0.0900. The van der Waals surface area contributed by atoms with E-state index >= 15 is 0 Å². The molecule has 3 nitrogen and oxygen atoms in total. The predicted molar refractivity (Wildman–Crippen MR) is 133 cm³/mol. The van der Waals surface area contributed by atoms with Crippen LogP contribution >= 0.6 is 0 Å². The van der Waals surface area contributed by atoms with E-state index in [1.165, 1.54) is 109 Å². The Morgan fingerprint density at radius 1 is 0.467 bits per heavy atom. The Labute approximate surface area is 189 Å². The van der Waals surface area contributed by atoms with Crippen molar-refractivity contribution >= 4 is 10.1 Å². The Balaban J connectivity index is 3.58. The van der Waals surface area contributed by atoms with E-state index in [2.05, 4.69) is 13.8 Å². The van der Waals surface area contributed by atoms with Crippen LogP contribution in [0.5, 0.6) is 0 Å². The van der Waals surface area contributed by atoms with Gasteiger partial charge in [0, 0.05) is 0 Å². The Morgan fingerprint density at radius 3 is 0.933 bits per heavy atom. The summed E-state index contributed by atoms with van der Waals surface area (Å²) in [7, 11) is -3.89. The molecule has 0 amide bonds. The van der Waals surface area contributed by atoms with Crippen LogP contribution in [0.4, 0.5) is 0 Å². The molecule has 0 aliphatic rings. The monoisotopic (exact) mass is 446 g/mol. The van der Waals surface area contributed by atoms with Crippen molar-refractivity contribution < 1.29 is 13.0 Å². The molecule has 0 rings (SSSR count). The highest BCUT2D eigenvalue weighted by Gasteiger charge is 2.21. The van der Waals surface area contributed by atoms with Crippen molar-refractivity contribution in [2.75, 3.05) is 0 Å². The van der Waals surface area contributed by atoms with Crippen molar-refractivity contribution in [1.82, 2.24) is 0 Å². The third-order valence-corrected chi connectivity index (χ3v) is 7.74. The Morgan fingerprint density at radius 2 is 0.700 bits per heavy atom. The van der Waals surface area contributed by atoms with Crippen molar-refractivity contribution in [1.29, 1.82) is 0 Å². The molecule has 0 aromatic heterocycles. The van der Waals surface area contributed by atoms with Gasteiger partial charge in [0.1, 0.15) is 0 Å². The maximum absolute atomic E-state index is 11.7. The van der Waals surface area contributed by atoms with Crippen LogP contribution in [0.15, 0.2) is 0 Å². The molecule has 0 bridgehead atoms. The van der Waals surface area contributed by atoms with Crippen LogP contribution in [0, 0.1) is 0 Å². The molecule has 1 unspecified atom stereocenters. The minimum Gasteiger partial charge on any atom is -0.285 e. The second-order valence-corrected chi connectivity index (χ2v) is 11.1. The highest BCUT2D eigenvalue weighted by molar-refractivity contribution is 7.86. The lowest BCUT2D eigenvalue weighted by molar-refractivity contribution is 0.442. The zero-order valence-electron chi connectivity index (χ0n) is 20.5. The molecule has 0 saturated heterocycles. The SMILES string of the molecule is CCCCCCCCCCCCCCCC(CCCCCCCCCC)S(=O)(=O)O. The minimum atomic E-state index is -3.89. The maximum Gasteiger partial charge on any atom is 0.267 e. The first-order valence-electron chi connectivity index (χ1n) is 13.5. The molecule has 4 heteroatoms. The van der Waals surface area contributed by atoms with Crippen LogP contribution < -0.4 is 0 Å². The second-order valence-electron chi connectivity index (χ2n) is 9.43. The topological polar surface area (TPSA) is 54.4 Å². The highest BCUT2D eigenvalue weighted by Crippen LogP contribution is 2.20. The summed E-state index contributed by atoms with van der Waals surface area (Å²) in [5, 5.41) is -0.537. The fourth-order valence-corrected chi connectivity index (χ4v) is 5.27. The van der Waals surface area contributed by atoms with E-state index in [4.69, 9.17) is 0 Å². The highest BCUT2D eigenvalue weighted by atomic mass is 32.2. The molecule has 0 saturated carbocycles. The zero-order chi connectivity index (χ0) is 22.3. The summed E-state index contributed by atoms with van der Waals surface area (Å²) in [5.74, 6) is 0. The van der Waals surface area contributed by atoms with Gasteiger partial charge in [-0.2, -0.15) is 8.42 Å². The minimum absolute atomic E-state index is 0.537. The molecule has 1 atom stereocenters. The van der Waals surface area contributed by atoms with E-state index in [-0.39, 0.29) is 0 Å². The molecule has 0 aromatic rings.